The van der Waals surface area contributed by atoms with Gasteiger partial charge in [0, 0.05) is 35.2 Å². The molecule has 4 aromatic rings. The maximum Gasteiger partial charge on any atom is 0.324 e. The first-order valence-electron chi connectivity index (χ1n) is 12.0. The van der Waals surface area contributed by atoms with E-state index in [0.717, 1.165) is 28.1 Å². The van der Waals surface area contributed by atoms with Crippen LogP contribution in [-0.2, 0) is 5.41 Å². The summed E-state index contributed by atoms with van der Waals surface area (Å²) in [5.74, 6) is 1.62. The summed E-state index contributed by atoms with van der Waals surface area (Å²) >= 11 is 7.91. The number of ether oxygens (including phenoxy) is 1. The van der Waals surface area contributed by atoms with E-state index in [1.807, 2.05) is 76.6 Å². The quantitative estimate of drug-likeness (QED) is 0.125. The minimum absolute atomic E-state index is 0.192. The van der Waals surface area contributed by atoms with Crippen LogP contribution in [0.4, 0.5) is 16.3 Å². The van der Waals surface area contributed by atoms with Crippen molar-refractivity contribution in [1.82, 2.24) is 25.0 Å². The maximum atomic E-state index is 12.4. The fraction of sp³-hybridized carbons (Fsp3) is 0.308. The molecule has 0 unspecified atom stereocenters. The number of amides is 2. The Morgan fingerprint density at radius 3 is 2.54 bits per heavy atom. The van der Waals surface area contributed by atoms with Crippen LogP contribution in [-0.4, -0.2) is 58.3 Å². The van der Waals surface area contributed by atoms with Gasteiger partial charge in [0.05, 0.1) is 12.0 Å². The molecule has 0 saturated heterocycles. The third-order valence-electron chi connectivity index (χ3n) is 5.26. The minimum Gasteiger partial charge on any atom is -0.476 e. The highest BCUT2D eigenvalue weighted by atomic mass is 33.1. The Balaban J connectivity index is 0.00000205. The van der Waals surface area contributed by atoms with Gasteiger partial charge in [-0.1, -0.05) is 38.1 Å². The van der Waals surface area contributed by atoms with Crippen LogP contribution in [0.2, 0.25) is 0 Å². The molecule has 0 aliphatic heterocycles. The van der Waals surface area contributed by atoms with Gasteiger partial charge in [-0.05, 0) is 37.9 Å². The molecule has 3 N–H and O–H groups in total. The number of benzene rings is 1. The van der Waals surface area contributed by atoms with E-state index < -0.39 is 6.03 Å². The molecule has 208 valence electrons. The van der Waals surface area contributed by atoms with E-state index in [-0.39, 0.29) is 5.41 Å². The molecule has 0 atom stereocenters. The summed E-state index contributed by atoms with van der Waals surface area (Å²) in [5, 5.41) is 11.4. The Labute approximate surface area is 242 Å². The van der Waals surface area contributed by atoms with Crippen LogP contribution in [0.15, 0.2) is 58.7 Å². The summed E-state index contributed by atoms with van der Waals surface area (Å²) in [7, 11) is 4.00. The lowest BCUT2D eigenvalue weighted by Crippen LogP contribution is -2.19. The van der Waals surface area contributed by atoms with Crippen molar-refractivity contribution in [2.45, 2.75) is 26.2 Å². The number of likely N-dealkylation sites (N-methyl/N-ethyl adjacent to an activating group) is 1. The molecule has 4 rings (SSSR count). The summed E-state index contributed by atoms with van der Waals surface area (Å²) in [6, 6.07) is 12.5. The van der Waals surface area contributed by atoms with Crippen LogP contribution in [0, 0.1) is 0 Å². The summed E-state index contributed by atoms with van der Waals surface area (Å²) in [6.07, 6.45) is 1.64. The number of thiol groups is 2. The Hall–Kier alpha value is -3.26. The average molecular weight is 588 g/mol. The molecular weight excluding hydrogens is 555 g/mol. The van der Waals surface area contributed by atoms with Gasteiger partial charge in [-0.2, -0.15) is 0 Å². The number of carbonyl (C=O) groups excluding carboxylic acids is 1. The molecule has 13 heteroatoms. The first-order chi connectivity index (χ1) is 18.7. The van der Waals surface area contributed by atoms with Crippen molar-refractivity contribution < 1.29 is 14.1 Å². The predicted molar refractivity (Wildman–Crippen MR) is 165 cm³/mol. The molecule has 0 aliphatic rings. The van der Waals surface area contributed by atoms with Crippen molar-refractivity contribution >= 4 is 62.5 Å². The molecule has 0 saturated carbocycles. The van der Waals surface area contributed by atoms with Gasteiger partial charge in [0.2, 0.25) is 5.88 Å². The van der Waals surface area contributed by atoms with Crippen molar-refractivity contribution in [3.05, 3.63) is 59.9 Å². The number of hydrogen-bond acceptors (Lipinski definition) is 10. The molecule has 0 fully saturated rings. The van der Waals surface area contributed by atoms with Crippen LogP contribution in [0.5, 0.6) is 5.88 Å². The highest BCUT2D eigenvalue weighted by molar-refractivity contribution is 8.59. The Morgan fingerprint density at radius 1 is 1.13 bits per heavy atom. The molecule has 3 aromatic heterocycles. The Morgan fingerprint density at radius 2 is 1.87 bits per heavy atom. The predicted octanol–water partition coefficient (Wildman–Crippen LogP) is 6.44. The second kappa shape index (κ2) is 14.2. The first-order valence-corrected chi connectivity index (χ1v) is 14.5. The monoisotopic (exact) mass is 587 g/mol. The van der Waals surface area contributed by atoms with Crippen LogP contribution in [0.3, 0.4) is 0 Å². The lowest BCUT2D eigenvalue weighted by molar-refractivity contribution is 0.254. The topological polar surface area (TPSA) is 121 Å². The minimum atomic E-state index is -0.404. The molecule has 0 spiro atoms. The number of fused-ring (bicyclic) bond motifs is 1. The summed E-state index contributed by atoms with van der Waals surface area (Å²) in [5.41, 5.74) is 2.99. The number of rotatable bonds is 7. The van der Waals surface area contributed by atoms with Gasteiger partial charge in [0.25, 0.3) is 0 Å². The van der Waals surface area contributed by atoms with Gasteiger partial charge in [-0.3, -0.25) is 5.32 Å². The molecular formula is C26H33N7O3S3. The molecule has 2 amide bonds. The SMILES string of the molecule is CN(C)CCOc1ccc2nc[nH]c(-c3ccc(NC(=O)Nc4cc(C(C)(C)C)on4)cc3)csc2n1.SS. The summed E-state index contributed by atoms with van der Waals surface area (Å²) in [4.78, 5) is 27.5. The number of urea groups is 1. The number of anilines is 2. The van der Waals surface area contributed by atoms with Crippen molar-refractivity contribution in [1.29, 1.82) is 0 Å². The van der Waals surface area contributed by atoms with Crippen LogP contribution in [0.25, 0.3) is 21.6 Å². The van der Waals surface area contributed by atoms with Gasteiger partial charge in [-0.25, -0.2) is 14.8 Å². The standard InChI is InChI=1S/C26H31N7O3S.H2S2/c1-26(2,3)21-14-22(32-36-21)30-25(34)29-18-8-6-17(7-9-18)20-15-37-24-19(27-16-28-20)10-11-23(31-24)35-13-12-33(4)5;1-2/h6-11,14-16H,12-13H2,1-5H3,(H,27,28)(H2,29,30,32,34);1-2H. The number of nitrogens with zero attached hydrogens (tertiary/aromatic N) is 4. The summed E-state index contributed by atoms with van der Waals surface area (Å²) in [6.45, 7) is 7.40. The summed E-state index contributed by atoms with van der Waals surface area (Å²) < 4.78 is 11.1. The van der Waals surface area contributed by atoms with Crippen molar-refractivity contribution in [3.8, 4) is 17.1 Å². The van der Waals surface area contributed by atoms with E-state index in [9.17, 15) is 4.79 Å². The zero-order valence-corrected chi connectivity index (χ0v) is 25.0. The number of aromatic nitrogens is 4. The van der Waals surface area contributed by atoms with E-state index in [1.54, 1.807) is 12.4 Å². The fourth-order valence-electron chi connectivity index (χ4n) is 3.19. The average Bonchev–Trinajstić information content (AvgIpc) is 3.36. The lowest BCUT2D eigenvalue weighted by Gasteiger charge is -2.12. The Bertz CT molecular complexity index is 1410. The van der Waals surface area contributed by atoms with Crippen LogP contribution < -0.4 is 15.4 Å². The van der Waals surface area contributed by atoms with Gasteiger partial charge >= 0.3 is 6.03 Å². The molecule has 0 radical (unpaired) electrons. The van der Waals surface area contributed by atoms with Crippen molar-refractivity contribution in [3.63, 3.8) is 0 Å². The highest BCUT2D eigenvalue weighted by Crippen LogP contribution is 2.25. The number of aromatic amines is 1. The number of H-pyrrole nitrogens is 1. The molecule has 39 heavy (non-hydrogen) atoms. The van der Waals surface area contributed by atoms with Crippen LogP contribution >= 0.6 is 34.7 Å². The smallest absolute Gasteiger partial charge is 0.324 e. The van der Waals surface area contributed by atoms with E-state index in [1.165, 1.54) is 11.3 Å². The highest BCUT2D eigenvalue weighted by Gasteiger charge is 2.20. The van der Waals surface area contributed by atoms with Gasteiger partial charge < -0.3 is 24.5 Å². The van der Waals surface area contributed by atoms with E-state index in [4.69, 9.17) is 9.26 Å². The van der Waals surface area contributed by atoms with Crippen molar-refractivity contribution in [2.75, 3.05) is 37.9 Å². The van der Waals surface area contributed by atoms with E-state index >= 15 is 0 Å². The first kappa shape index (κ1) is 30.3. The second-order valence-corrected chi connectivity index (χ2v) is 10.5. The van der Waals surface area contributed by atoms with E-state index in [2.05, 4.69) is 59.0 Å². The molecule has 0 aliphatic carbocycles. The number of hydrogen-bond donors (Lipinski definition) is 5. The van der Waals surface area contributed by atoms with Gasteiger partial charge in [0.15, 0.2) is 5.82 Å². The maximum absolute atomic E-state index is 12.4. The normalized spacial score (nSPS) is 11.0. The molecule has 3 heterocycles. The zero-order chi connectivity index (χ0) is 28.4. The number of nitrogens with one attached hydrogen (secondary N) is 3. The molecule has 0 bridgehead atoms. The van der Waals surface area contributed by atoms with Gasteiger partial charge in [-0.15, -0.1) is 34.7 Å². The molecule has 10 nitrogen and oxygen atoms in total. The Kier molecular flexibility index (Phi) is 11.0. The number of pyridine rings is 1. The zero-order valence-electron chi connectivity index (χ0n) is 22.4. The lowest BCUT2D eigenvalue weighted by atomic mass is 9.93. The largest absolute Gasteiger partial charge is 0.476 e. The molecule has 1 aromatic carbocycles. The van der Waals surface area contributed by atoms with E-state index in [0.29, 0.717) is 29.8 Å². The fourth-order valence-corrected chi connectivity index (χ4v) is 4.00. The van der Waals surface area contributed by atoms with Crippen molar-refractivity contribution in [2.24, 2.45) is 0 Å². The van der Waals surface area contributed by atoms with Crippen LogP contribution in [0.1, 0.15) is 26.5 Å². The third kappa shape index (κ3) is 9.17. The van der Waals surface area contributed by atoms with Gasteiger partial charge in [0.1, 0.15) is 22.7 Å². The second-order valence-electron chi connectivity index (χ2n) is 9.66. The number of carbonyl (C=O) groups is 1. The third-order valence-corrected chi connectivity index (χ3v) is 6.14.